The molecule has 0 nitrogen and oxygen atoms in total. The maximum atomic E-state index is 5.67. The van der Waals surface area contributed by atoms with E-state index in [1.54, 1.807) is 391 Å². The van der Waals surface area contributed by atoms with Crippen LogP contribution in [0.1, 0.15) is 412 Å². The van der Waals surface area contributed by atoms with Crippen molar-refractivity contribution in [2.45, 2.75) is 474 Å². The van der Waals surface area contributed by atoms with Crippen LogP contribution in [0.15, 0.2) is 43.0 Å². The van der Waals surface area contributed by atoms with Gasteiger partial charge in [0.05, 0.1) is 73.2 Å². The van der Waals surface area contributed by atoms with Crippen LogP contribution >= 0.6 is 93.7 Å². The van der Waals surface area contributed by atoms with Crippen molar-refractivity contribution in [2.24, 2.45) is 0 Å². The minimum absolute atomic E-state index is 0.0465. The molecule has 12 saturated carbocycles. The Morgan fingerprint density at radius 3 is 0.510 bits per heavy atom. The second kappa shape index (κ2) is 60.2. The van der Waals surface area contributed by atoms with Gasteiger partial charge in [0.1, 0.15) is 0 Å². The molecule has 12 aliphatic carbocycles. The molecule has 0 spiro atoms. The van der Waals surface area contributed by atoms with E-state index >= 15 is 0 Å². The SMILES string of the molecule is C1CCC([PH+](C2CCCCC2)C2CCCCC2)CC1.C1CCC([PH+](C2CCCCC2)C2CCCCC2)CC1.C1CCC([PH+](C2CCCCC2)C2CCCCC2)CC1.C1CCC([PH+](C2CCCCC2)C2CCCCC2)CC1.C=CC.CC.ClCCl.[CH2]=[Ru]([Cl])[Cl].[Cl][Ru]([Cl])=[CH]c1ccccc1. The Labute approximate surface area is 651 Å². The fourth-order valence-corrected chi connectivity index (χ4v) is 44.6. The average Bonchev–Trinajstić information content (AvgIpc) is 0.852. The first-order valence-electron chi connectivity index (χ1n) is 43.0. The van der Waals surface area contributed by atoms with Gasteiger partial charge in [-0.1, -0.05) is 97.0 Å². The summed E-state index contributed by atoms with van der Waals surface area (Å²) in [5.74, 6) is 0. The molecular formula is C86H158Cl6P4Ru2+4. The molecule has 12 fully saturated rings. The van der Waals surface area contributed by atoms with Crippen LogP contribution in [0.5, 0.6) is 0 Å². The van der Waals surface area contributed by atoms with Gasteiger partial charge in [0.25, 0.3) is 0 Å². The van der Waals surface area contributed by atoms with Gasteiger partial charge in [-0.2, -0.15) is 0 Å². The number of halogens is 6. The summed E-state index contributed by atoms with van der Waals surface area (Å²) in [7, 11) is 21.3. The van der Waals surface area contributed by atoms with Crippen LogP contribution in [0.4, 0.5) is 0 Å². The Balaban J connectivity index is 0.000000214. The summed E-state index contributed by atoms with van der Waals surface area (Å²) in [6, 6.07) is 9.89. The van der Waals surface area contributed by atoms with Gasteiger partial charge in [0.15, 0.2) is 0 Å². The fraction of sp³-hybridized carbons (Fsp3) is 0.884. The summed E-state index contributed by atoms with van der Waals surface area (Å²) in [5, 5.41) is 3.51. The van der Waals surface area contributed by atoms with Crippen molar-refractivity contribution >= 4 is 103 Å². The van der Waals surface area contributed by atoms with Crippen molar-refractivity contribution in [1.82, 2.24) is 0 Å². The third-order valence-electron chi connectivity index (χ3n) is 25.9. The number of allylic oxidation sites excluding steroid dienone is 1. The normalized spacial score (nSPS) is 24.3. The number of alkyl halides is 2. The van der Waals surface area contributed by atoms with Crippen molar-refractivity contribution in [2.75, 3.05) is 5.34 Å². The van der Waals surface area contributed by atoms with Crippen molar-refractivity contribution in [3.8, 4) is 0 Å². The molecule has 12 heteroatoms. The van der Waals surface area contributed by atoms with E-state index in [9.17, 15) is 0 Å². The molecule has 0 heterocycles. The summed E-state index contributed by atoms with van der Waals surface area (Å²) in [6.07, 6.45) is 96.9. The van der Waals surface area contributed by atoms with Crippen molar-refractivity contribution in [3.05, 3.63) is 48.6 Å². The molecule has 0 aromatic heterocycles. The van der Waals surface area contributed by atoms with Crippen molar-refractivity contribution in [3.63, 3.8) is 0 Å². The quantitative estimate of drug-likeness (QED) is 0.0799. The average molecular weight is 1730 g/mol. The second-order valence-corrected chi connectivity index (χ2v) is 58.6. The molecule has 0 aliphatic heterocycles. The van der Waals surface area contributed by atoms with Gasteiger partial charge in [0, 0.05) is 31.7 Å². The number of benzene rings is 1. The molecule has 1 aromatic rings. The maximum absolute atomic E-state index is 5.67. The van der Waals surface area contributed by atoms with E-state index in [1.165, 1.54) is 67.9 Å². The van der Waals surface area contributed by atoms with Gasteiger partial charge >= 0.3 is 111 Å². The molecule has 0 amide bonds. The summed E-state index contributed by atoms with van der Waals surface area (Å²) >= 11 is 6.44. The molecule has 12 aliphatic rings. The molecule has 0 atom stereocenters. The fourth-order valence-electron chi connectivity index (χ4n) is 21.8. The predicted octanol–water partition coefficient (Wildman–Crippen LogP) is 32.5. The molecular weight excluding hydrogens is 1570 g/mol. The Bertz CT molecular complexity index is 1640. The molecule has 0 saturated heterocycles. The van der Waals surface area contributed by atoms with Crippen LogP contribution in [0.3, 0.4) is 0 Å². The first kappa shape index (κ1) is 92.0. The van der Waals surface area contributed by atoms with Crippen LogP contribution in [0.2, 0.25) is 0 Å². The Kier molecular flexibility index (Phi) is 56.5. The van der Waals surface area contributed by atoms with E-state index < -0.39 is 27.0 Å². The van der Waals surface area contributed by atoms with Gasteiger partial charge in [-0.15, -0.1) is 29.8 Å². The second-order valence-electron chi connectivity index (χ2n) is 32.5. The summed E-state index contributed by atoms with van der Waals surface area (Å²) in [6.45, 7) is 9.25. The van der Waals surface area contributed by atoms with E-state index in [2.05, 4.69) is 11.7 Å². The zero-order chi connectivity index (χ0) is 70.1. The number of hydrogen-bond acceptors (Lipinski definition) is 0. The standard InChI is InChI=1S/4C18H33P.C7H6.C3H6.C2H6.CH2Cl2.CH2.4ClH.2Ru/c4*1-4-10-16(11-5-1)19(17-12-6-2-7-13-17)18-14-8-3-9-15-18;1-7-5-3-2-4-6-7;1-3-2;1-2;2-1-3;;;;;;;/h4*16-18H,1-15H2;1-6H;3H,1H2,2H3;1-2H3;1H2;1H2;4*1H;;/q;;;;;;;;;;;;;2*+2. The van der Waals surface area contributed by atoms with Crippen LogP contribution < -0.4 is 0 Å². The van der Waals surface area contributed by atoms with Crippen LogP contribution in [-0.4, -0.2) is 83.0 Å². The van der Waals surface area contributed by atoms with E-state index in [0.717, 1.165) is 5.56 Å². The van der Waals surface area contributed by atoms with E-state index in [4.69, 9.17) is 62.0 Å². The molecule has 13 rings (SSSR count). The third-order valence-corrected chi connectivity index (χ3v) is 46.0. The van der Waals surface area contributed by atoms with Crippen LogP contribution in [-0.2, 0) is 27.0 Å². The molecule has 0 unspecified atom stereocenters. The topological polar surface area (TPSA) is 0 Å². The molecule has 0 N–H and O–H groups in total. The van der Waals surface area contributed by atoms with Gasteiger partial charge in [0.2, 0.25) is 0 Å². The first-order valence-corrected chi connectivity index (χ1v) is 62.2. The van der Waals surface area contributed by atoms with E-state index in [1.807, 2.05) is 55.7 Å². The molecule has 1 aromatic carbocycles. The van der Waals surface area contributed by atoms with Gasteiger partial charge in [-0.25, -0.2) is 0 Å². The third kappa shape index (κ3) is 37.9. The van der Waals surface area contributed by atoms with Crippen LogP contribution in [0, 0.1) is 0 Å². The predicted molar refractivity (Wildman–Crippen MR) is 462 cm³/mol. The molecule has 576 valence electrons. The van der Waals surface area contributed by atoms with Gasteiger partial charge in [-0.3, -0.25) is 0 Å². The molecule has 0 bridgehead atoms. The zero-order valence-electron chi connectivity index (χ0n) is 64.0. The monoisotopic (exact) mass is 1730 g/mol. The van der Waals surface area contributed by atoms with Crippen molar-refractivity contribution < 1.29 is 27.0 Å². The van der Waals surface area contributed by atoms with E-state index in [0.29, 0.717) is 0 Å². The van der Waals surface area contributed by atoms with Crippen molar-refractivity contribution in [1.29, 1.82) is 0 Å². The molecule has 98 heavy (non-hydrogen) atoms. The first-order chi connectivity index (χ1) is 48.1. The Morgan fingerprint density at radius 1 is 0.296 bits per heavy atom. The summed E-state index contributed by atoms with van der Waals surface area (Å²) in [4.78, 5) is 0. The van der Waals surface area contributed by atoms with Gasteiger partial charge in [-0.05, 0) is 315 Å². The molecule has 0 radical (unpaired) electrons. The number of rotatable bonds is 13. The Morgan fingerprint density at radius 2 is 0.408 bits per heavy atom. The van der Waals surface area contributed by atoms with Gasteiger partial charge < -0.3 is 0 Å². The Hall–Kier alpha value is 3.41. The summed E-state index contributed by atoms with van der Waals surface area (Å²) in [5.41, 5.74) is 15.8. The van der Waals surface area contributed by atoms with Crippen LogP contribution in [0.25, 0.3) is 0 Å². The van der Waals surface area contributed by atoms with E-state index in [-0.39, 0.29) is 37.0 Å². The summed E-state index contributed by atoms with van der Waals surface area (Å²) < 4.78 is 1.92. The number of hydrogen-bond donors (Lipinski definition) is 0. The zero-order valence-corrected chi connectivity index (χ0v) is 76.0. The minimum atomic E-state index is -1.61.